The van der Waals surface area contributed by atoms with E-state index in [2.05, 4.69) is 15.4 Å². The maximum Gasteiger partial charge on any atom is 0.267 e. The fourth-order valence-corrected chi connectivity index (χ4v) is 2.77. The summed E-state index contributed by atoms with van der Waals surface area (Å²) < 4.78 is 6.38. The monoisotopic (exact) mass is 328 g/mol. The quantitative estimate of drug-likeness (QED) is 0.883. The van der Waals surface area contributed by atoms with E-state index < -0.39 is 0 Å². The topological polar surface area (TPSA) is 86.1 Å². The van der Waals surface area contributed by atoms with E-state index in [1.165, 1.54) is 18.0 Å². The van der Waals surface area contributed by atoms with Crippen LogP contribution in [0.2, 0.25) is 0 Å². The lowest BCUT2D eigenvalue weighted by atomic mass is 9.97. The van der Waals surface area contributed by atoms with Crippen molar-refractivity contribution in [2.75, 3.05) is 13.7 Å². The Morgan fingerprint density at radius 3 is 2.92 bits per heavy atom. The van der Waals surface area contributed by atoms with E-state index in [-0.39, 0.29) is 11.5 Å². The predicted molar refractivity (Wildman–Crippen MR) is 88.3 cm³/mol. The fourth-order valence-electron chi connectivity index (χ4n) is 2.77. The van der Waals surface area contributed by atoms with Crippen LogP contribution in [0.4, 0.5) is 0 Å². The average molecular weight is 328 g/mol. The van der Waals surface area contributed by atoms with Crippen LogP contribution in [0.15, 0.2) is 29.2 Å². The van der Waals surface area contributed by atoms with E-state index >= 15 is 0 Å². The van der Waals surface area contributed by atoms with Crippen LogP contribution in [0, 0.1) is 0 Å². The number of nitrogens with one attached hydrogen (secondary N) is 1. The third-order valence-electron chi connectivity index (χ3n) is 4.09. The highest BCUT2D eigenvalue weighted by atomic mass is 16.5. The molecule has 1 N–H and O–H groups in total. The largest absolute Gasteiger partial charge is 0.481 e. The van der Waals surface area contributed by atoms with Gasteiger partial charge in [-0.25, -0.2) is 9.67 Å². The van der Waals surface area contributed by atoms with Crippen LogP contribution in [-0.2, 0) is 19.4 Å². The molecule has 0 unspecified atom stereocenters. The van der Waals surface area contributed by atoms with Gasteiger partial charge in [-0.3, -0.25) is 9.59 Å². The summed E-state index contributed by atoms with van der Waals surface area (Å²) in [5.41, 5.74) is 2.40. The van der Waals surface area contributed by atoms with Crippen LogP contribution in [-0.4, -0.2) is 34.3 Å². The summed E-state index contributed by atoms with van der Waals surface area (Å²) >= 11 is 0. The second-order valence-corrected chi connectivity index (χ2v) is 5.73. The van der Waals surface area contributed by atoms with E-state index in [0.29, 0.717) is 24.5 Å². The van der Waals surface area contributed by atoms with Gasteiger partial charge >= 0.3 is 0 Å². The number of aromatic nitrogens is 3. The summed E-state index contributed by atoms with van der Waals surface area (Å²) in [5, 5.41) is 7.20. The van der Waals surface area contributed by atoms with Crippen molar-refractivity contribution in [3.8, 4) is 5.88 Å². The van der Waals surface area contributed by atoms with Crippen LogP contribution in [0.5, 0.6) is 5.88 Å². The van der Waals surface area contributed by atoms with Gasteiger partial charge in [-0.15, -0.1) is 0 Å². The Bertz CT molecular complexity index is 783. The summed E-state index contributed by atoms with van der Waals surface area (Å²) in [6.07, 6.45) is 5.53. The Hall–Kier alpha value is -2.70. The molecule has 0 fully saturated rings. The highest BCUT2D eigenvalue weighted by molar-refractivity contribution is 5.93. The summed E-state index contributed by atoms with van der Waals surface area (Å²) in [6, 6.07) is 4.95. The number of hydrogen-bond acceptors (Lipinski definition) is 5. The van der Waals surface area contributed by atoms with E-state index in [1.807, 2.05) is 0 Å². The lowest BCUT2D eigenvalue weighted by Crippen LogP contribution is -2.33. The minimum Gasteiger partial charge on any atom is -0.481 e. The van der Waals surface area contributed by atoms with Crippen LogP contribution < -0.4 is 15.6 Å². The van der Waals surface area contributed by atoms with Gasteiger partial charge in [0.1, 0.15) is 0 Å². The van der Waals surface area contributed by atoms with Gasteiger partial charge in [0.15, 0.2) is 0 Å². The Balaban J connectivity index is 1.59. The number of nitrogens with zero attached hydrogens (tertiary/aromatic N) is 3. The molecule has 7 heteroatoms. The molecule has 1 amide bonds. The van der Waals surface area contributed by atoms with Crippen LogP contribution in [0.1, 0.15) is 34.5 Å². The fraction of sp³-hybridized carbons (Fsp3) is 0.412. The molecule has 126 valence electrons. The zero-order chi connectivity index (χ0) is 16.9. The van der Waals surface area contributed by atoms with Crippen molar-refractivity contribution in [2.24, 2.45) is 0 Å². The van der Waals surface area contributed by atoms with Crippen molar-refractivity contribution < 1.29 is 9.53 Å². The number of amides is 1. The van der Waals surface area contributed by atoms with Gasteiger partial charge in [0.2, 0.25) is 5.88 Å². The molecule has 0 bridgehead atoms. The van der Waals surface area contributed by atoms with E-state index in [1.54, 1.807) is 18.2 Å². The molecule has 0 saturated heterocycles. The van der Waals surface area contributed by atoms with E-state index in [0.717, 1.165) is 36.9 Å². The van der Waals surface area contributed by atoms with Crippen molar-refractivity contribution in [2.45, 2.75) is 32.2 Å². The first kappa shape index (κ1) is 16.2. The number of carbonyl (C=O) groups excluding carboxylic acids is 1. The molecule has 1 aliphatic carbocycles. The minimum absolute atomic E-state index is 0.115. The lowest BCUT2D eigenvalue weighted by Gasteiger charge is -2.16. The molecule has 0 aromatic carbocycles. The van der Waals surface area contributed by atoms with Gasteiger partial charge in [0, 0.05) is 24.9 Å². The van der Waals surface area contributed by atoms with Gasteiger partial charge in [-0.05, 0) is 37.3 Å². The molecule has 0 atom stereocenters. The maximum absolute atomic E-state index is 12.1. The van der Waals surface area contributed by atoms with Crippen LogP contribution in [0.3, 0.4) is 0 Å². The normalized spacial score (nSPS) is 13.2. The van der Waals surface area contributed by atoms with Gasteiger partial charge in [0.05, 0.1) is 24.9 Å². The molecule has 2 aromatic rings. The maximum atomic E-state index is 12.1. The zero-order valence-electron chi connectivity index (χ0n) is 13.6. The van der Waals surface area contributed by atoms with Gasteiger partial charge in [-0.1, -0.05) is 0 Å². The number of aryl methyl sites for hydroxylation is 2. The smallest absolute Gasteiger partial charge is 0.267 e. The van der Waals surface area contributed by atoms with Gasteiger partial charge < -0.3 is 10.1 Å². The number of carbonyl (C=O) groups is 1. The molecule has 0 aliphatic heterocycles. The summed E-state index contributed by atoms with van der Waals surface area (Å²) in [6.45, 7) is 0.679. The SMILES string of the molecule is COc1ccc(C(=O)NCCn2nc3c(cc2=O)CCCC3)cn1. The Morgan fingerprint density at radius 2 is 2.17 bits per heavy atom. The Labute approximate surface area is 139 Å². The van der Waals surface area contributed by atoms with Crippen molar-refractivity contribution >= 4 is 5.91 Å². The molecule has 0 spiro atoms. The number of hydrogen-bond donors (Lipinski definition) is 1. The molecule has 3 rings (SSSR count). The first-order valence-corrected chi connectivity index (χ1v) is 8.05. The molecule has 0 radical (unpaired) electrons. The second-order valence-electron chi connectivity index (χ2n) is 5.73. The molecule has 2 heterocycles. The second kappa shape index (κ2) is 7.25. The highest BCUT2D eigenvalue weighted by Crippen LogP contribution is 2.16. The molecular formula is C17H20N4O3. The average Bonchev–Trinajstić information content (AvgIpc) is 2.62. The lowest BCUT2D eigenvalue weighted by molar-refractivity contribution is 0.0951. The van der Waals surface area contributed by atoms with Crippen molar-refractivity contribution in [1.82, 2.24) is 20.1 Å². The van der Waals surface area contributed by atoms with Crippen molar-refractivity contribution in [3.63, 3.8) is 0 Å². The molecule has 2 aromatic heterocycles. The predicted octanol–water partition coefficient (Wildman–Crippen LogP) is 0.956. The summed E-state index contributed by atoms with van der Waals surface area (Å²) in [4.78, 5) is 28.1. The number of rotatable bonds is 5. The third-order valence-corrected chi connectivity index (χ3v) is 4.09. The van der Waals surface area contributed by atoms with Crippen LogP contribution >= 0.6 is 0 Å². The third kappa shape index (κ3) is 3.61. The Morgan fingerprint density at radius 1 is 1.33 bits per heavy atom. The van der Waals surface area contributed by atoms with Crippen LogP contribution in [0.25, 0.3) is 0 Å². The first-order valence-electron chi connectivity index (χ1n) is 8.05. The first-order chi connectivity index (χ1) is 11.7. The molecule has 7 nitrogen and oxygen atoms in total. The van der Waals surface area contributed by atoms with Crippen molar-refractivity contribution in [1.29, 1.82) is 0 Å². The molecule has 1 aliphatic rings. The standard InChI is InChI=1S/C17H20N4O3/c1-24-15-7-6-13(11-19-15)17(23)18-8-9-21-16(22)10-12-4-2-3-5-14(12)20-21/h6-7,10-11H,2-5,8-9H2,1H3,(H,18,23). The van der Waals surface area contributed by atoms with Gasteiger partial charge in [-0.2, -0.15) is 5.10 Å². The zero-order valence-corrected chi connectivity index (χ0v) is 13.6. The summed E-state index contributed by atoms with van der Waals surface area (Å²) in [7, 11) is 1.52. The number of methoxy groups -OCH3 is 1. The van der Waals surface area contributed by atoms with E-state index in [4.69, 9.17) is 4.74 Å². The Kier molecular flexibility index (Phi) is 4.88. The minimum atomic E-state index is -0.240. The molecular weight excluding hydrogens is 308 g/mol. The number of fused-ring (bicyclic) bond motifs is 1. The highest BCUT2D eigenvalue weighted by Gasteiger charge is 2.13. The molecule has 0 saturated carbocycles. The molecule has 24 heavy (non-hydrogen) atoms. The number of ether oxygens (including phenoxy) is 1. The van der Waals surface area contributed by atoms with Gasteiger partial charge in [0.25, 0.3) is 11.5 Å². The summed E-state index contributed by atoms with van der Waals surface area (Å²) in [5.74, 6) is 0.215. The van der Waals surface area contributed by atoms with Crippen molar-refractivity contribution in [3.05, 3.63) is 51.6 Å². The van der Waals surface area contributed by atoms with E-state index in [9.17, 15) is 9.59 Å². The number of pyridine rings is 1.